The molecule has 0 aromatic heterocycles. The molecule has 1 heterocycles. The van der Waals surface area contributed by atoms with Gasteiger partial charge in [0.05, 0.1) is 12.7 Å². The summed E-state index contributed by atoms with van der Waals surface area (Å²) in [5.41, 5.74) is 0.823. The van der Waals surface area contributed by atoms with Crippen molar-refractivity contribution in [1.82, 2.24) is 4.90 Å². The minimum absolute atomic E-state index is 0.0909. The van der Waals surface area contributed by atoms with E-state index >= 15 is 0 Å². The highest BCUT2D eigenvalue weighted by atomic mass is 16.5. The van der Waals surface area contributed by atoms with E-state index in [0.29, 0.717) is 12.6 Å². The van der Waals surface area contributed by atoms with Crippen molar-refractivity contribution in [2.75, 3.05) is 26.3 Å². The monoisotopic (exact) mass is 279 g/mol. The maximum absolute atomic E-state index is 9.74. The van der Waals surface area contributed by atoms with E-state index in [2.05, 4.69) is 18.7 Å². The van der Waals surface area contributed by atoms with Gasteiger partial charge < -0.3 is 14.6 Å². The summed E-state index contributed by atoms with van der Waals surface area (Å²) in [6.07, 6.45) is -0.432. The third kappa shape index (κ3) is 3.95. The predicted octanol–water partition coefficient (Wildman–Crippen LogP) is 2.23. The molecule has 0 aliphatic carbocycles. The van der Waals surface area contributed by atoms with E-state index in [1.54, 1.807) is 6.92 Å². The largest absolute Gasteiger partial charge is 0.490 e. The SMILES string of the molecule is CC(O)c1ccccc1OCC1CN(C(C)C)CCO1. The van der Waals surface area contributed by atoms with Crippen LogP contribution >= 0.6 is 0 Å². The highest BCUT2D eigenvalue weighted by Crippen LogP contribution is 2.25. The summed E-state index contributed by atoms with van der Waals surface area (Å²) in [6, 6.07) is 8.15. The van der Waals surface area contributed by atoms with E-state index in [1.807, 2.05) is 24.3 Å². The van der Waals surface area contributed by atoms with Crippen molar-refractivity contribution in [3.8, 4) is 5.75 Å². The van der Waals surface area contributed by atoms with Crippen LogP contribution in [0.4, 0.5) is 0 Å². The molecule has 20 heavy (non-hydrogen) atoms. The van der Waals surface area contributed by atoms with Gasteiger partial charge in [0.2, 0.25) is 0 Å². The Morgan fingerprint density at radius 2 is 2.10 bits per heavy atom. The van der Waals surface area contributed by atoms with E-state index in [4.69, 9.17) is 9.47 Å². The number of morpholine rings is 1. The highest BCUT2D eigenvalue weighted by Gasteiger charge is 2.23. The molecule has 0 radical (unpaired) electrons. The van der Waals surface area contributed by atoms with Crippen LogP contribution in [0, 0.1) is 0 Å². The van der Waals surface area contributed by atoms with Gasteiger partial charge in [-0.3, -0.25) is 4.90 Å². The first-order valence-electron chi connectivity index (χ1n) is 7.33. The molecule has 2 atom stereocenters. The molecule has 1 fully saturated rings. The number of aliphatic hydroxyl groups is 1. The second kappa shape index (κ2) is 7.07. The van der Waals surface area contributed by atoms with Crippen LogP contribution in [0.15, 0.2) is 24.3 Å². The maximum atomic E-state index is 9.74. The molecule has 112 valence electrons. The van der Waals surface area contributed by atoms with Crippen LogP contribution in [0.2, 0.25) is 0 Å². The van der Waals surface area contributed by atoms with Crippen LogP contribution in [0.25, 0.3) is 0 Å². The van der Waals surface area contributed by atoms with Crippen molar-refractivity contribution in [2.24, 2.45) is 0 Å². The van der Waals surface area contributed by atoms with Crippen LogP contribution in [0.5, 0.6) is 5.75 Å². The molecule has 0 amide bonds. The molecule has 1 saturated heterocycles. The Kier molecular flexibility index (Phi) is 5.40. The van der Waals surface area contributed by atoms with E-state index < -0.39 is 6.10 Å². The molecule has 4 nitrogen and oxygen atoms in total. The number of nitrogens with zero attached hydrogens (tertiary/aromatic N) is 1. The molecule has 0 bridgehead atoms. The smallest absolute Gasteiger partial charge is 0.125 e. The lowest BCUT2D eigenvalue weighted by Crippen LogP contribution is -2.47. The minimum Gasteiger partial charge on any atom is -0.490 e. The normalized spacial score (nSPS) is 21.9. The number of hydrogen-bond acceptors (Lipinski definition) is 4. The lowest BCUT2D eigenvalue weighted by Gasteiger charge is -2.35. The predicted molar refractivity (Wildman–Crippen MR) is 79.0 cm³/mol. The summed E-state index contributed by atoms with van der Waals surface area (Å²) in [7, 11) is 0. The quantitative estimate of drug-likeness (QED) is 0.897. The fourth-order valence-corrected chi connectivity index (χ4v) is 2.45. The van der Waals surface area contributed by atoms with Crippen molar-refractivity contribution < 1.29 is 14.6 Å². The first-order valence-corrected chi connectivity index (χ1v) is 7.33. The van der Waals surface area contributed by atoms with Gasteiger partial charge in [0.15, 0.2) is 0 Å². The maximum Gasteiger partial charge on any atom is 0.125 e. The van der Waals surface area contributed by atoms with Gasteiger partial charge in [0, 0.05) is 24.7 Å². The lowest BCUT2D eigenvalue weighted by atomic mass is 10.1. The molecule has 1 N–H and O–H groups in total. The van der Waals surface area contributed by atoms with Gasteiger partial charge in [-0.25, -0.2) is 0 Å². The lowest BCUT2D eigenvalue weighted by molar-refractivity contribution is -0.0567. The summed E-state index contributed by atoms with van der Waals surface area (Å²) in [5, 5.41) is 9.74. The second-order valence-electron chi connectivity index (χ2n) is 5.61. The van der Waals surface area contributed by atoms with Crippen LogP contribution in [0.1, 0.15) is 32.4 Å². The number of aliphatic hydroxyl groups excluding tert-OH is 1. The second-order valence-corrected chi connectivity index (χ2v) is 5.61. The third-order valence-corrected chi connectivity index (χ3v) is 3.69. The molecule has 4 heteroatoms. The average molecular weight is 279 g/mol. The number of hydrogen-bond donors (Lipinski definition) is 1. The molecule has 1 aromatic carbocycles. The first-order chi connectivity index (χ1) is 9.58. The topological polar surface area (TPSA) is 41.9 Å². The standard InChI is InChI=1S/C16H25NO3/c1-12(2)17-8-9-19-14(10-17)11-20-16-7-5-4-6-15(16)13(3)18/h4-7,12-14,18H,8-11H2,1-3H3. The molecular formula is C16H25NO3. The van der Waals surface area contributed by atoms with Crippen LogP contribution in [-0.2, 0) is 4.74 Å². The van der Waals surface area contributed by atoms with Crippen molar-refractivity contribution in [1.29, 1.82) is 0 Å². The fourth-order valence-electron chi connectivity index (χ4n) is 2.45. The molecule has 2 unspecified atom stereocenters. The Labute approximate surface area is 121 Å². The third-order valence-electron chi connectivity index (χ3n) is 3.69. The highest BCUT2D eigenvalue weighted by molar-refractivity contribution is 5.34. The van der Waals surface area contributed by atoms with Gasteiger partial charge in [0.25, 0.3) is 0 Å². The summed E-state index contributed by atoms with van der Waals surface area (Å²) in [6.45, 7) is 9.31. The molecule has 1 aromatic rings. The Balaban J connectivity index is 1.92. The van der Waals surface area contributed by atoms with E-state index in [1.165, 1.54) is 0 Å². The average Bonchev–Trinajstić information content (AvgIpc) is 2.45. The molecule has 0 spiro atoms. The van der Waals surface area contributed by atoms with Crippen molar-refractivity contribution in [3.63, 3.8) is 0 Å². The zero-order valence-corrected chi connectivity index (χ0v) is 12.6. The number of para-hydroxylation sites is 1. The molecule has 1 aliphatic heterocycles. The van der Waals surface area contributed by atoms with Gasteiger partial charge in [-0.2, -0.15) is 0 Å². The summed E-state index contributed by atoms with van der Waals surface area (Å²) >= 11 is 0. The van der Waals surface area contributed by atoms with E-state index in [-0.39, 0.29) is 6.10 Å². The van der Waals surface area contributed by atoms with Crippen LogP contribution < -0.4 is 4.74 Å². The van der Waals surface area contributed by atoms with Gasteiger partial charge in [-0.05, 0) is 26.8 Å². The Bertz CT molecular complexity index is 420. The zero-order valence-electron chi connectivity index (χ0n) is 12.6. The van der Waals surface area contributed by atoms with Crippen LogP contribution in [0.3, 0.4) is 0 Å². The number of rotatable bonds is 5. The number of ether oxygens (including phenoxy) is 2. The summed E-state index contributed by atoms with van der Waals surface area (Å²) < 4.78 is 11.6. The Hall–Kier alpha value is -1.10. The minimum atomic E-state index is -0.523. The molecule has 1 aliphatic rings. The molecule has 0 saturated carbocycles. The van der Waals surface area contributed by atoms with E-state index in [0.717, 1.165) is 31.0 Å². The van der Waals surface area contributed by atoms with Gasteiger partial charge in [-0.1, -0.05) is 18.2 Å². The van der Waals surface area contributed by atoms with Gasteiger partial charge >= 0.3 is 0 Å². The van der Waals surface area contributed by atoms with Crippen molar-refractivity contribution in [2.45, 2.75) is 39.0 Å². The van der Waals surface area contributed by atoms with E-state index in [9.17, 15) is 5.11 Å². The van der Waals surface area contributed by atoms with Gasteiger partial charge in [-0.15, -0.1) is 0 Å². The Morgan fingerprint density at radius 3 is 2.80 bits per heavy atom. The Morgan fingerprint density at radius 1 is 1.35 bits per heavy atom. The van der Waals surface area contributed by atoms with Gasteiger partial charge in [0.1, 0.15) is 18.5 Å². The van der Waals surface area contributed by atoms with Crippen molar-refractivity contribution >= 4 is 0 Å². The fraction of sp³-hybridized carbons (Fsp3) is 0.625. The summed E-state index contributed by atoms with van der Waals surface area (Å²) in [4.78, 5) is 2.40. The summed E-state index contributed by atoms with van der Waals surface area (Å²) in [5.74, 6) is 0.743. The van der Waals surface area contributed by atoms with Crippen LogP contribution in [-0.4, -0.2) is 48.5 Å². The molecule has 2 rings (SSSR count). The number of benzene rings is 1. The zero-order chi connectivity index (χ0) is 14.5. The first kappa shape index (κ1) is 15.3. The molecular weight excluding hydrogens is 254 g/mol. The van der Waals surface area contributed by atoms with Crippen molar-refractivity contribution in [3.05, 3.63) is 29.8 Å².